The van der Waals surface area contributed by atoms with Crippen molar-refractivity contribution in [1.29, 1.82) is 0 Å². The number of ether oxygens (including phenoxy) is 1. The number of urea groups is 1. The second-order valence-corrected chi connectivity index (χ2v) is 4.51. The van der Waals surface area contributed by atoms with Gasteiger partial charge in [-0.25, -0.2) is 4.79 Å². The van der Waals surface area contributed by atoms with E-state index in [2.05, 4.69) is 11.9 Å². The van der Waals surface area contributed by atoms with Crippen LogP contribution in [0.15, 0.2) is 36.9 Å². The molecule has 0 bridgehead atoms. The fourth-order valence-corrected chi connectivity index (χ4v) is 1.56. The summed E-state index contributed by atoms with van der Waals surface area (Å²) in [5.41, 5.74) is 0.896. The van der Waals surface area contributed by atoms with E-state index in [0.717, 1.165) is 11.3 Å². The minimum atomic E-state index is -0.231. The number of para-hydroxylation sites is 1. The lowest BCUT2D eigenvalue weighted by Gasteiger charge is -2.23. The highest BCUT2D eigenvalue weighted by molar-refractivity contribution is 5.74. The van der Waals surface area contributed by atoms with Crippen LogP contribution in [0.4, 0.5) is 4.79 Å². The van der Waals surface area contributed by atoms with Gasteiger partial charge in [0.05, 0.1) is 12.6 Å². The maximum atomic E-state index is 11.9. The number of benzene rings is 1. The molecule has 20 heavy (non-hydrogen) atoms. The van der Waals surface area contributed by atoms with Crippen molar-refractivity contribution in [2.24, 2.45) is 0 Å². The Balaban J connectivity index is 2.61. The number of hydrogen-bond donors (Lipinski definition) is 2. The molecule has 1 unspecified atom stereocenters. The van der Waals surface area contributed by atoms with E-state index in [-0.39, 0.29) is 18.7 Å². The maximum absolute atomic E-state index is 11.9. The molecule has 2 N–H and O–H groups in total. The van der Waals surface area contributed by atoms with Gasteiger partial charge in [-0.1, -0.05) is 30.9 Å². The predicted molar refractivity (Wildman–Crippen MR) is 78.7 cm³/mol. The van der Waals surface area contributed by atoms with Crippen molar-refractivity contribution in [3.05, 3.63) is 42.5 Å². The van der Waals surface area contributed by atoms with E-state index >= 15 is 0 Å². The number of amides is 2. The van der Waals surface area contributed by atoms with Crippen molar-refractivity contribution < 1.29 is 14.6 Å². The van der Waals surface area contributed by atoms with Crippen molar-refractivity contribution in [2.75, 3.05) is 20.3 Å². The van der Waals surface area contributed by atoms with Gasteiger partial charge in [0.2, 0.25) is 0 Å². The van der Waals surface area contributed by atoms with Gasteiger partial charge in [-0.15, -0.1) is 0 Å². The summed E-state index contributed by atoms with van der Waals surface area (Å²) in [6.07, 6.45) is 1.67. The second kappa shape index (κ2) is 8.22. The van der Waals surface area contributed by atoms with Crippen LogP contribution in [0.25, 0.3) is 0 Å². The molecular weight excluding hydrogens is 256 g/mol. The van der Waals surface area contributed by atoms with Crippen LogP contribution in [0.2, 0.25) is 0 Å². The van der Waals surface area contributed by atoms with Crippen molar-refractivity contribution in [1.82, 2.24) is 10.2 Å². The molecule has 1 aromatic carbocycles. The second-order valence-electron chi connectivity index (χ2n) is 4.51. The summed E-state index contributed by atoms with van der Waals surface area (Å²) in [4.78, 5) is 13.4. The molecule has 2 amide bonds. The monoisotopic (exact) mass is 278 g/mol. The third kappa shape index (κ3) is 4.59. The highest BCUT2D eigenvalue weighted by Crippen LogP contribution is 2.17. The van der Waals surface area contributed by atoms with E-state index in [9.17, 15) is 4.79 Å². The van der Waals surface area contributed by atoms with Gasteiger partial charge < -0.3 is 20.1 Å². The van der Waals surface area contributed by atoms with Gasteiger partial charge in [0.1, 0.15) is 12.4 Å². The van der Waals surface area contributed by atoms with E-state index in [1.54, 1.807) is 20.0 Å². The van der Waals surface area contributed by atoms with Gasteiger partial charge in [0.25, 0.3) is 0 Å². The maximum Gasteiger partial charge on any atom is 0.317 e. The number of carbonyl (C=O) groups is 1. The molecule has 5 heteroatoms. The minimum Gasteiger partial charge on any atom is -0.489 e. The zero-order chi connectivity index (χ0) is 15.0. The fraction of sp³-hybridized carbons (Fsp3) is 0.400. The van der Waals surface area contributed by atoms with Crippen LogP contribution < -0.4 is 10.1 Å². The van der Waals surface area contributed by atoms with Crippen LogP contribution in [0, 0.1) is 0 Å². The molecule has 110 valence electrons. The molecule has 0 saturated carbocycles. The van der Waals surface area contributed by atoms with Crippen LogP contribution in [0.3, 0.4) is 0 Å². The number of likely N-dealkylation sites (N-methyl/N-ethyl adjacent to an activating group) is 1. The molecule has 0 saturated heterocycles. The molecule has 0 heterocycles. The third-order valence-electron chi connectivity index (χ3n) is 3.01. The molecule has 0 radical (unpaired) electrons. The van der Waals surface area contributed by atoms with E-state index in [4.69, 9.17) is 9.84 Å². The van der Waals surface area contributed by atoms with Gasteiger partial charge in [0.15, 0.2) is 0 Å². The largest absolute Gasteiger partial charge is 0.489 e. The number of carbonyl (C=O) groups excluding carboxylic acids is 1. The molecule has 5 nitrogen and oxygen atoms in total. The molecule has 0 aromatic heterocycles. The highest BCUT2D eigenvalue weighted by Gasteiger charge is 2.14. The first-order valence-corrected chi connectivity index (χ1v) is 6.53. The smallest absolute Gasteiger partial charge is 0.317 e. The molecule has 1 rings (SSSR count). The molecule has 1 atom stereocenters. The normalized spacial score (nSPS) is 11.6. The Morgan fingerprint density at radius 3 is 2.90 bits per heavy atom. The average Bonchev–Trinajstić information content (AvgIpc) is 2.49. The first kappa shape index (κ1) is 16.0. The minimum absolute atomic E-state index is 0.0665. The number of rotatable bonds is 7. The molecule has 1 aromatic rings. The van der Waals surface area contributed by atoms with Crippen molar-refractivity contribution >= 4 is 6.03 Å². The lowest BCUT2D eigenvalue weighted by molar-refractivity contribution is 0.157. The van der Waals surface area contributed by atoms with E-state index < -0.39 is 0 Å². The van der Waals surface area contributed by atoms with Crippen molar-refractivity contribution in [3.63, 3.8) is 0 Å². The lowest BCUT2D eigenvalue weighted by atomic mass is 10.2. The summed E-state index contributed by atoms with van der Waals surface area (Å²) in [6, 6.07) is 7.07. The predicted octanol–water partition coefficient (Wildman–Crippen LogP) is 1.77. The standard InChI is InChI=1S/C15H22N2O3/c1-4-9-20-14-8-6-5-7-13(14)10-16-15(19)17(3)12(2)11-18/h4-8,12,18H,1,9-11H2,2-3H3,(H,16,19). The number of nitrogens with one attached hydrogen (secondary N) is 1. The van der Waals surface area contributed by atoms with E-state index in [1.165, 1.54) is 4.90 Å². The van der Waals surface area contributed by atoms with Crippen molar-refractivity contribution in [2.45, 2.75) is 19.5 Å². The summed E-state index contributed by atoms with van der Waals surface area (Å²) < 4.78 is 5.52. The Morgan fingerprint density at radius 2 is 2.25 bits per heavy atom. The molecule has 0 aliphatic heterocycles. The Morgan fingerprint density at radius 1 is 1.55 bits per heavy atom. The Hall–Kier alpha value is -2.01. The van der Waals surface area contributed by atoms with Gasteiger partial charge in [-0.2, -0.15) is 0 Å². The Bertz CT molecular complexity index is 448. The average molecular weight is 278 g/mol. The van der Waals surface area contributed by atoms with Crippen LogP contribution in [-0.4, -0.2) is 42.3 Å². The summed E-state index contributed by atoms with van der Waals surface area (Å²) in [5, 5.41) is 11.8. The van der Waals surface area contributed by atoms with Crippen LogP contribution in [0.5, 0.6) is 5.75 Å². The lowest BCUT2D eigenvalue weighted by Crippen LogP contribution is -2.43. The zero-order valence-corrected chi connectivity index (χ0v) is 12.0. The molecule has 0 aliphatic carbocycles. The quantitative estimate of drug-likeness (QED) is 0.747. The van der Waals surface area contributed by atoms with Gasteiger partial charge >= 0.3 is 6.03 Å². The van der Waals surface area contributed by atoms with Crippen LogP contribution >= 0.6 is 0 Å². The highest BCUT2D eigenvalue weighted by atomic mass is 16.5. The summed E-state index contributed by atoms with van der Waals surface area (Å²) in [7, 11) is 1.65. The third-order valence-corrected chi connectivity index (χ3v) is 3.01. The van der Waals surface area contributed by atoms with Crippen LogP contribution in [-0.2, 0) is 6.54 Å². The van der Waals surface area contributed by atoms with E-state index in [0.29, 0.717) is 13.2 Å². The van der Waals surface area contributed by atoms with Crippen LogP contribution in [0.1, 0.15) is 12.5 Å². The van der Waals surface area contributed by atoms with Gasteiger partial charge in [-0.3, -0.25) is 0 Å². The first-order chi connectivity index (χ1) is 9.60. The molecule has 0 spiro atoms. The Labute approximate surface area is 119 Å². The number of nitrogens with zero attached hydrogens (tertiary/aromatic N) is 1. The summed E-state index contributed by atoms with van der Waals surface area (Å²) in [5.74, 6) is 0.727. The SMILES string of the molecule is C=CCOc1ccccc1CNC(=O)N(C)C(C)CO. The summed E-state index contributed by atoms with van der Waals surface area (Å²) in [6.45, 7) is 6.11. The molecular formula is C15H22N2O3. The molecule has 0 aliphatic rings. The zero-order valence-electron chi connectivity index (χ0n) is 12.0. The number of aliphatic hydroxyl groups is 1. The topological polar surface area (TPSA) is 61.8 Å². The van der Waals surface area contributed by atoms with Gasteiger partial charge in [-0.05, 0) is 13.0 Å². The van der Waals surface area contributed by atoms with E-state index in [1.807, 2.05) is 24.3 Å². The fourth-order valence-electron chi connectivity index (χ4n) is 1.56. The summed E-state index contributed by atoms with van der Waals surface area (Å²) >= 11 is 0. The molecule has 0 fully saturated rings. The van der Waals surface area contributed by atoms with Crippen molar-refractivity contribution in [3.8, 4) is 5.75 Å². The van der Waals surface area contributed by atoms with Gasteiger partial charge in [0, 0.05) is 19.2 Å². The number of hydrogen-bond acceptors (Lipinski definition) is 3. The number of aliphatic hydroxyl groups excluding tert-OH is 1. The Kier molecular flexibility index (Phi) is 6.59. The first-order valence-electron chi connectivity index (χ1n) is 6.53.